The lowest BCUT2D eigenvalue weighted by molar-refractivity contribution is 0.113. The van der Waals surface area contributed by atoms with Crippen LogP contribution >= 0.6 is 0 Å². The number of hydrogen-bond donors (Lipinski definition) is 1. The minimum absolute atomic E-state index is 0.694. The molecule has 0 bridgehead atoms. The summed E-state index contributed by atoms with van der Waals surface area (Å²) in [7, 11) is 2.04. The Kier molecular flexibility index (Phi) is 8.96. The van der Waals surface area contributed by atoms with Gasteiger partial charge < -0.3 is 5.32 Å². The Balaban J connectivity index is 4.38. The summed E-state index contributed by atoms with van der Waals surface area (Å²) in [5.41, 5.74) is 0. The van der Waals surface area contributed by atoms with E-state index in [9.17, 15) is 0 Å². The van der Waals surface area contributed by atoms with Crippen LogP contribution < -0.4 is 5.32 Å². The van der Waals surface area contributed by atoms with Crippen molar-refractivity contribution in [2.45, 2.75) is 66.0 Å². The quantitative estimate of drug-likeness (QED) is 0.652. The molecule has 0 spiro atoms. The third kappa shape index (κ3) is 5.86. The van der Waals surface area contributed by atoms with Gasteiger partial charge in [-0.1, -0.05) is 27.7 Å². The summed E-state index contributed by atoms with van der Waals surface area (Å²) in [5, 5.41) is 3.26. The van der Waals surface area contributed by atoms with Crippen LogP contribution in [0.5, 0.6) is 0 Å². The lowest BCUT2D eigenvalue weighted by atomic mass is 10.0. The van der Waals surface area contributed by atoms with Crippen molar-refractivity contribution in [2.75, 3.05) is 20.1 Å². The maximum Gasteiger partial charge on any atom is 0.00929 e. The third-order valence-electron chi connectivity index (χ3n) is 3.37. The molecule has 2 heteroatoms. The first-order valence-corrected chi connectivity index (χ1v) is 6.97. The molecule has 0 aromatic heterocycles. The van der Waals surface area contributed by atoms with Gasteiger partial charge in [-0.05, 0) is 45.7 Å². The Hall–Kier alpha value is -0.0800. The lowest BCUT2D eigenvalue weighted by Gasteiger charge is -2.37. The zero-order chi connectivity index (χ0) is 12.6. The van der Waals surface area contributed by atoms with Crippen molar-refractivity contribution in [3.8, 4) is 0 Å². The summed E-state index contributed by atoms with van der Waals surface area (Å²) in [4.78, 5) is 2.71. The molecule has 2 nitrogen and oxygen atoms in total. The van der Waals surface area contributed by atoms with Gasteiger partial charge in [0.2, 0.25) is 0 Å². The molecule has 16 heavy (non-hydrogen) atoms. The monoisotopic (exact) mass is 228 g/mol. The topological polar surface area (TPSA) is 15.3 Å². The van der Waals surface area contributed by atoms with E-state index in [2.05, 4.69) is 44.8 Å². The molecule has 0 aliphatic heterocycles. The first kappa shape index (κ1) is 15.9. The van der Waals surface area contributed by atoms with Crippen molar-refractivity contribution in [3.05, 3.63) is 0 Å². The van der Waals surface area contributed by atoms with Gasteiger partial charge >= 0.3 is 0 Å². The second kappa shape index (κ2) is 9.00. The van der Waals surface area contributed by atoms with Crippen LogP contribution in [0.2, 0.25) is 0 Å². The van der Waals surface area contributed by atoms with Gasteiger partial charge in [-0.3, -0.25) is 4.90 Å². The van der Waals surface area contributed by atoms with E-state index in [0.29, 0.717) is 6.04 Å². The van der Waals surface area contributed by atoms with E-state index >= 15 is 0 Å². The Morgan fingerprint density at radius 2 is 1.62 bits per heavy atom. The van der Waals surface area contributed by atoms with Crippen LogP contribution in [0, 0.1) is 5.92 Å². The van der Waals surface area contributed by atoms with Crippen LogP contribution in [0.4, 0.5) is 0 Å². The van der Waals surface area contributed by atoms with Gasteiger partial charge in [0.1, 0.15) is 0 Å². The standard InChI is InChI=1S/C14H32N2/c1-7-14(8-2)16(11-12(3)4)13(5)9-10-15-6/h12-15H,7-11H2,1-6H3. The molecule has 0 fully saturated rings. The maximum atomic E-state index is 3.26. The molecule has 0 radical (unpaired) electrons. The molecule has 0 rings (SSSR count). The van der Waals surface area contributed by atoms with E-state index < -0.39 is 0 Å². The van der Waals surface area contributed by atoms with Crippen LogP contribution in [0.25, 0.3) is 0 Å². The summed E-state index contributed by atoms with van der Waals surface area (Å²) in [5.74, 6) is 0.762. The average Bonchev–Trinajstić information content (AvgIpc) is 2.25. The predicted molar refractivity (Wildman–Crippen MR) is 73.9 cm³/mol. The molecular weight excluding hydrogens is 196 g/mol. The van der Waals surface area contributed by atoms with Gasteiger partial charge in [-0.15, -0.1) is 0 Å². The van der Waals surface area contributed by atoms with Gasteiger partial charge in [-0.2, -0.15) is 0 Å². The van der Waals surface area contributed by atoms with Crippen molar-refractivity contribution in [1.82, 2.24) is 10.2 Å². The molecule has 98 valence electrons. The fourth-order valence-corrected chi connectivity index (χ4v) is 2.39. The second-order valence-electron chi connectivity index (χ2n) is 5.30. The van der Waals surface area contributed by atoms with Crippen LogP contribution in [0.3, 0.4) is 0 Å². The zero-order valence-corrected chi connectivity index (χ0v) is 12.2. The van der Waals surface area contributed by atoms with E-state index in [-0.39, 0.29) is 0 Å². The van der Waals surface area contributed by atoms with Crippen molar-refractivity contribution in [3.63, 3.8) is 0 Å². The van der Waals surface area contributed by atoms with E-state index in [1.54, 1.807) is 0 Å². The largest absolute Gasteiger partial charge is 0.320 e. The molecule has 0 saturated carbocycles. The Bertz CT molecular complexity index is 153. The fraction of sp³-hybridized carbons (Fsp3) is 1.00. The van der Waals surface area contributed by atoms with Gasteiger partial charge in [-0.25, -0.2) is 0 Å². The van der Waals surface area contributed by atoms with Crippen LogP contribution in [0.1, 0.15) is 53.9 Å². The van der Waals surface area contributed by atoms with Crippen LogP contribution in [0.15, 0.2) is 0 Å². The number of hydrogen-bond acceptors (Lipinski definition) is 2. The minimum atomic E-state index is 0.694. The van der Waals surface area contributed by atoms with Gasteiger partial charge in [0, 0.05) is 18.6 Å². The molecule has 0 saturated heterocycles. The first-order chi connectivity index (χ1) is 7.56. The van der Waals surface area contributed by atoms with E-state index in [1.165, 1.54) is 25.8 Å². The average molecular weight is 228 g/mol. The highest BCUT2D eigenvalue weighted by Gasteiger charge is 2.21. The Labute approximate surface area is 103 Å². The molecule has 1 unspecified atom stereocenters. The molecule has 1 atom stereocenters. The minimum Gasteiger partial charge on any atom is -0.320 e. The summed E-state index contributed by atoms with van der Waals surface area (Å²) in [6, 6.07) is 1.45. The number of nitrogens with zero attached hydrogens (tertiary/aromatic N) is 1. The van der Waals surface area contributed by atoms with Gasteiger partial charge in [0.05, 0.1) is 0 Å². The molecule has 0 aromatic rings. The number of rotatable bonds is 9. The van der Waals surface area contributed by atoms with Gasteiger partial charge in [0.25, 0.3) is 0 Å². The number of nitrogens with one attached hydrogen (secondary N) is 1. The van der Waals surface area contributed by atoms with Crippen molar-refractivity contribution in [1.29, 1.82) is 0 Å². The van der Waals surface area contributed by atoms with Crippen molar-refractivity contribution >= 4 is 0 Å². The van der Waals surface area contributed by atoms with Crippen LogP contribution in [-0.2, 0) is 0 Å². The lowest BCUT2D eigenvalue weighted by Crippen LogP contribution is -2.44. The first-order valence-electron chi connectivity index (χ1n) is 6.97. The highest BCUT2D eigenvalue weighted by molar-refractivity contribution is 4.76. The van der Waals surface area contributed by atoms with E-state index in [0.717, 1.165) is 18.5 Å². The molecule has 0 amide bonds. The van der Waals surface area contributed by atoms with E-state index in [4.69, 9.17) is 0 Å². The Morgan fingerprint density at radius 1 is 1.06 bits per heavy atom. The SMILES string of the molecule is CCC(CC)N(CC(C)C)C(C)CCNC. The smallest absolute Gasteiger partial charge is 0.00929 e. The zero-order valence-electron chi connectivity index (χ0n) is 12.2. The van der Waals surface area contributed by atoms with Crippen molar-refractivity contribution < 1.29 is 0 Å². The molecule has 0 heterocycles. The van der Waals surface area contributed by atoms with Crippen molar-refractivity contribution in [2.24, 2.45) is 5.92 Å². The summed E-state index contributed by atoms with van der Waals surface area (Å²) in [6.45, 7) is 14.0. The summed E-state index contributed by atoms with van der Waals surface area (Å²) < 4.78 is 0. The highest BCUT2D eigenvalue weighted by atomic mass is 15.2. The predicted octanol–water partition coefficient (Wildman–Crippen LogP) is 3.13. The maximum absolute atomic E-state index is 3.26. The summed E-state index contributed by atoms with van der Waals surface area (Å²) in [6.07, 6.45) is 3.79. The van der Waals surface area contributed by atoms with Crippen LogP contribution in [-0.4, -0.2) is 37.1 Å². The highest BCUT2D eigenvalue weighted by Crippen LogP contribution is 2.16. The molecular formula is C14H32N2. The molecule has 0 aromatic carbocycles. The summed E-state index contributed by atoms with van der Waals surface area (Å²) >= 11 is 0. The second-order valence-corrected chi connectivity index (χ2v) is 5.30. The third-order valence-corrected chi connectivity index (χ3v) is 3.37. The normalized spacial score (nSPS) is 14.1. The Morgan fingerprint density at radius 3 is 2.00 bits per heavy atom. The molecule has 1 N–H and O–H groups in total. The molecule has 0 aliphatic carbocycles. The molecule has 0 aliphatic rings. The van der Waals surface area contributed by atoms with Gasteiger partial charge in [0.15, 0.2) is 0 Å². The van der Waals surface area contributed by atoms with E-state index in [1.807, 2.05) is 7.05 Å². The fourth-order valence-electron chi connectivity index (χ4n) is 2.39.